The lowest BCUT2D eigenvalue weighted by atomic mass is 9.72. The van der Waals surface area contributed by atoms with Gasteiger partial charge in [0, 0.05) is 24.0 Å². The number of likely N-dealkylation sites (tertiary alicyclic amines) is 1. The predicted molar refractivity (Wildman–Crippen MR) is 139 cm³/mol. The highest BCUT2D eigenvalue weighted by molar-refractivity contribution is 6.32. The summed E-state index contributed by atoms with van der Waals surface area (Å²) in [5, 5.41) is 11.3. The molecule has 1 saturated heterocycles. The van der Waals surface area contributed by atoms with Crippen molar-refractivity contribution < 1.29 is 14.6 Å². The molecule has 3 aromatic rings. The molecule has 186 valence electrons. The van der Waals surface area contributed by atoms with Crippen LogP contribution < -0.4 is 4.74 Å². The number of rotatable bonds is 11. The number of piperidine rings is 1. The second-order valence-electron chi connectivity index (χ2n) is 9.70. The van der Waals surface area contributed by atoms with Crippen LogP contribution in [0.2, 0.25) is 5.02 Å². The summed E-state index contributed by atoms with van der Waals surface area (Å²) in [6.07, 6.45) is 12.2. The molecule has 0 saturated carbocycles. The van der Waals surface area contributed by atoms with Gasteiger partial charge in [-0.1, -0.05) is 17.7 Å². The number of methoxy groups -OCH3 is 1. The van der Waals surface area contributed by atoms with Crippen LogP contribution in [0.3, 0.4) is 0 Å². The molecule has 0 unspecified atom stereocenters. The number of aryl methyl sites for hydroxylation is 2. The Morgan fingerprint density at radius 2 is 2.00 bits per heavy atom. The molecule has 7 heteroatoms. The standard InChI is InChI=1S/C28H34ClN3O3/c1-35-22-8-9-26-24(17-22)23(25(29)20-31-26)7-2-10-28(18-27(33)34)11-15-32(16-12-28)14-4-6-21-5-3-13-30-19-21/h3,5,8-9,13,17,19-20H,2,4,6-7,10-12,14-16,18H2,1H3,(H,33,34). The number of nitrogens with zero attached hydrogens (tertiary/aromatic N) is 3. The molecule has 1 aromatic carbocycles. The second kappa shape index (κ2) is 11.8. The Kier molecular flexibility index (Phi) is 8.58. The molecule has 0 aliphatic carbocycles. The van der Waals surface area contributed by atoms with Crippen LogP contribution in [0.1, 0.15) is 49.7 Å². The highest BCUT2D eigenvalue weighted by Gasteiger charge is 2.36. The first kappa shape index (κ1) is 25.4. The highest BCUT2D eigenvalue weighted by atomic mass is 35.5. The van der Waals surface area contributed by atoms with Gasteiger partial charge in [0.1, 0.15) is 5.75 Å². The number of ether oxygens (including phenoxy) is 1. The average molecular weight is 496 g/mol. The maximum absolute atomic E-state index is 11.8. The number of hydrogen-bond acceptors (Lipinski definition) is 5. The molecule has 2 aromatic heterocycles. The van der Waals surface area contributed by atoms with Crippen LogP contribution in [0, 0.1) is 5.41 Å². The molecular weight excluding hydrogens is 462 g/mol. The maximum atomic E-state index is 11.8. The molecule has 0 bridgehead atoms. The van der Waals surface area contributed by atoms with Gasteiger partial charge in [-0.2, -0.15) is 0 Å². The van der Waals surface area contributed by atoms with Crippen molar-refractivity contribution in [2.45, 2.75) is 51.4 Å². The van der Waals surface area contributed by atoms with Crippen LogP contribution in [0.15, 0.2) is 48.9 Å². The predicted octanol–water partition coefficient (Wildman–Crippen LogP) is 5.80. The van der Waals surface area contributed by atoms with E-state index in [1.54, 1.807) is 19.5 Å². The number of fused-ring (bicyclic) bond motifs is 1. The third-order valence-corrected chi connectivity index (χ3v) is 7.70. The zero-order valence-electron chi connectivity index (χ0n) is 20.4. The van der Waals surface area contributed by atoms with Crippen LogP contribution in [0.5, 0.6) is 5.75 Å². The Bertz CT molecular complexity index is 1130. The number of carboxylic acids is 1. The van der Waals surface area contributed by atoms with Gasteiger partial charge >= 0.3 is 5.97 Å². The molecule has 1 N–H and O–H groups in total. The van der Waals surface area contributed by atoms with Crippen molar-refractivity contribution in [3.8, 4) is 5.75 Å². The van der Waals surface area contributed by atoms with E-state index in [0.717, 1.165) is 86.8 Å². The fraction of sp³-hybridized carbons (Fsp3) is 0.464. The van der Waals surface area contributed by atoms with E-state index >= 15 is 0 Å². The smallest absolute Gasteiger partial charge is 0.303 e. The summed E-state index contributed by atoms with van der Waals surface area (Å²) in [5.74, 6) is 0.0771. The lowest BCUT2D eigenvalue weighted by molar-refractivity contribution is -0.140. The van der Waals surface area contributed by atoms with Gasteiger partial charge < -0.3 is 14.7 Å². The molecule has 0 radical (unpaired) electrons. The van der Waals surface area contributed by atoms with Crippen molar-refractivity contribution >= 4 is 28.5 Å². The summed E-state index contributed by atoms with van der Waals surface area (Å²) in [6.45, 7) is 2.95. The van der Waals surface area contributed by atoms with E-state index in [2.05, 4.69) is 20.9 Å². The lowest BCUT2D eigenvalue weighted by Gasteiger charge is -2.41. The minimum Gasteiger partial charge on any atom is -0.497 e. The molecule has 0 amide bonds. The molecule has 1 aliphatic rings. The Morgan fingerprint density at radius 1 is 1.17 bits per heavy atom. The quantitative estimate of drug-likeness (QED) is 0.362. The van der Waals surface area contributed by atoms with E-state index in [-0.39, 0.29) is 11.8 Å². The fourth-order valence-corrected chi connectivity index (χ4v) is 5.61. The van der Waals surface area contributed by atoms with Gasteiger partial charge in [-0.25, -0.2) is 0 Å². The minimum absolute atomic E-state index is 0.154. The van der Waals surface area contributed by atoms with E-state index in [0.29, 0.717) is 5.02 Å². The van der Waals surface area contributed by atoms with Crippen LogP contribution in [-0.2, 0) is 17.6 Å². The third-order valence-electron chi connectivity index (χ3n) is 7.37. The number of halogens is 1. The van der Waals surface area contributed by atoms with Crippen molar-refractivity contribution in [2.75, 3.05) is 26.7 Å². The number of hydrogen-bond donors (Lipinski definition) is 1. The van der Waals surface area contributed by atoms with Gasteiger partial charge in [0.15, 0.2) is 0 Å². The van der Waals surface area contributed by atoms with Crippen molar-refractivity contribution in [3.05, 3.63) is 65.1 Å². The van der Waals surface area contributed by atoms with E-state index in [4.69, 9.17) is 16.3 Å². The normalized spacial score (nSPS) is 15.8. The van der Waals surface area contributed by atoms with Gasteiger partial charge in [0.25, 0.3) is 0 Å². The van der Waals surface area contributed by atoms with Crippen LogP contribution in [0.4, 0.5) is 0 Å². The minimum atomic E-state index is -0.702. The van der Waals surface area contributed by atoms with Gasteiger partial charge in [0.05, 0.1) is 24.1 Å². The summed E-state index contributed by atoms with van der Waals surface area (Å²) in [5.41, 5.74) is 3.07. The van der Waals surface area contributed by atoms with Gasteiger partial charge in [-0.15, -0.1) is 0 Å². The summed E-state index contributed by atoms with van der Waals surface area (Å²) >= 11 is 6.54. The van der Waals surface area contributed by atoms with Gasteiger partial charge in [-0.05, 0) is 105 Å². The lowest BCUT2D eigenvalue weighted by Crippen LogP contribution is -2.41. The largest absolute Gasteiger partial charge is 0.497 e. The summed E-state index contributed by atoms with van der Waals surface area (Å²) in [7, 11) is 1.65. The molecule has 1 fully saturated rings. The first-order chi connectivity index (χ1) is 17.0. The fourth-order valence-electron chi connectivity index (χ4n) is 5.36. The SMILES string of the molecule is COc1ccc2ncc(Cl)c(CCCC3(CC(=O)O)CCN(CCCc4cccnc4)CC3)c2c1. The third kappa shape index (κ3) is 6.71. The first-order valence-corrected chi connectivity index (χ1v) is 12.8. The molecular formula is C28H34ClN3O3. The number of aliphatic carboxylic acids is 1. The van der Waals surface area contributed by atoms with Crippen LogP contribution in [-0.4, -0.2) is 52.7 Å². The number of carboxylic acid groups (broad SMARTS) is 1. The first-order valence-electron chi connectivity index (χ1n) is 12.4. The van der Waals surface area contributed by atoms with Crippen LogP contribution in [0.25, 0.3) is 10.9 Å². The van der Waals surface area contributed by atoms with Crippen molar-refractivity contribution in [3.63, 3.8) is 0 Å². The second-order valence-corrected chi connectivity index (χ2v) is 10.1. The maximum Gasteiger partial charge on any atom is 0.303 e. The number of carbonyl (C=O) groups is 1. The molecule has 4 rings (SSSR count). The molecule has 3 heterocycles. The summed E-state index contributed by atoms with van der Waals surface area (Å²) < 4.78 is 5.40. The summed E-state index contributed by atoms with van der Waals surface area (Å²) in [4.78, 5) is 22.9. The van der Waals surface area contributed by atoms with Gasteiger partial charge in [0.2, 0.25) is 0 Å². The topological polar surface area (TPSA) is 75.6 Å². The average Bonchev–Trinajstić information content (AvgIpc) is 2.86. The van der Waals surface area contributed by atoms with E-state index < -0.39 is 5.97 Å². The van der Waals surface area contributed by atoms with E-state index in [1.165, 1.54) is 5.56 Å². The molecule has 1 aliphatic heterocycles. The van der Waals surface area contributed by atoms with E-state index in [9.17, 15) is 9.90 Å². The Labute approximate surface area is 212 Å². The number of benzene rings is 1. The van der Waals surface area contributed by atoms with Crippen molar-refractivity contribution in [2.24, 2.45) is 5.41 Å². The number of pyridine rings is 2. The highest BCUT2D eigenvalue weighted by Crippen LogP contribution is 2.40. The number of aromatic nitrogens is 2. The zero-order valence-corrected chi connectivity index (χ0v) is 21.1. The Hall–Kier alpha value is -2.70. The Balaban J connectivity index is 1.35. The molecule has 35 heavy (non-hydrogen) atoms. The van der Waals surface area contributed by atoms with E-state index in [1.807, 2.05) is 30.5 Å². The summed E-state index contributed by atoms with van der Waals surface area (Å²) in [6, 6.07) is 9.94. The zero-order chi connectivity index (χ0) is 24.7. The van der Waals surface area contributed by atoms with Crippen molar-refractivity contribution in [1.29, 1.82) is 0 Å². The van der Waals surface area contributed by atoms with Gasteiger partial charge in [-0.3, -0.25) is 14.8 Å². The molecule has 6 nitrogen and oxygen atoms in total. The molecule has 0 spiro atoms. The van der Waals surface area contributed by atoms with Crippen molar-refractivity contribution in [1.82, 2.24) is 14.9 Å². The molecule has 0 atom stereocenters. The monoisotopic (exact) mass is 495 g/mol. The van der Waals surface area contributed by atoms with Crippen LogP contribution >= 0.6 is 11.6 Å². The Morgan fingerprint density at radius 3 is 2.71 bits per heavy atom.